The van der Waals surface area contributed by atoms with Gasteiger partial charge in [0.25, 0.3) is 0 Å². The second-order valence-corrected chi connectivity index (χ2v) is 8.56. The molecular formula is C24H25N5O5S. The molecular weight excluding hydrogens is 470 g/mol. The molecule has 1 atom stereocenters. The van der Waals surface area contributed by atoms with Crippen LogP contribution in [0, 0.1) is 0 Å². The van der Waals surface area contributed by atoms with Crippen molar-refractivity contribution in [3.63, 3.8) is 0 Å². The number of hydrogen-bond donors (Lipinski definition) is 1. The van der Waals surface area contributed by atoms with Crippen molar-refractivity contribution >= 4 is 29.0 Å². The van der Waals surface area contributed by atoms with E-state index < -0.39 is 5.25 Å². The molecule has 4 rings (SSSR count). The maximum Gasteiger partial charge on any atom is 0.300 e. The number of carbonyl (C=O) groups excluding carboxylic acids is 1. The van der Waals surface area contributed by atoms with Crippen molar-refractivity contribution in [1.29, 1.82) is 0 Å². The van der Waals surface area contributed by atoms with Crippen LogP contribution in [-0.4, -0.2) is 51.7 Å². The normalized spacial score (nSPS) is 11.8. The number of nitrogens with zero attached hydrogens (tertiary/aromatic N) is 4. The number of para-hydroxylation sites is 2. The first kappa shape index (κ1) is 24.1. The number of carbonyl (C=O) groups is 1. The average Bonchev–Trinajstić information content (AvgIpc) is 3.31. The fourth-order valence-electron chi connectivity index (χ4n) is 3.53. The number of benzene rings is 2. The first-order valence-corrected chi connectivity index (χ1v) is 11.7. The van der Waals surface area contributed by atoms with E-state index in [0.717, 1.165) is 0 Å². The van der Waals surface area contributed by atoms with Gasteiger partial charge in [0.15, 0.2) is 5.16 Å². The van der Waals surface area contributed by atoms with E-state index in [2.05, 4.69) is 15.5 Å². The van der Waals surface area contributed by atoms with Crippen molar-refractivity contribution < 1.29 is 19.0 Å². The molecule has 2 heterocycles. The molecule has 1 amide bonds. The maximum atomic E-state index is 13.1. The Labute approximate surface area is 205 Å². The van der Waals surface area contributed by atoms with Gasteiger partial charge < -0.3 is 19.5 Å². The number of nitrogens with one attached hydrogen (secondary N) is 1. The zero-order chi connectivity index (χ0) is 24.9. The summed E-state index contributed by atoms with van der Waals surface area (Å²) in [6.07, 6.45) is 3.86. The second kappa shape index (κ2) is 10.5. The standard InChI is InChI=1S/C24H25N5O5S/c1-5-20(22(30)25-16-11-10-15(32-2)14-19(16)34-4)35-24-27-26-21-23(31)28(12-13-29(21)24)17-8-6-7-9-18(17)33-3/h6-14,20H,5H2,1-4H3,(H,25,30)/t20-/m0/s1. The summed E-state index contributed by atoms with van der Waals surface area (Å²) in [5.41, 5.74) is 0.923. The van der Waals surface area contributed by atoms with Gasteiger partial charge in [-0.25, -0.2) is 0 Å². The van der Waals surface area contributed by atoms with Crippen molar-refractivity contribution in [3.8, 4) is 22.9 Å². The summed E-state index contributed by atoms with van der Waals surface area (Å²) in [6.45, 7) is 1.90. The third-order valence-corrected chi connectivity index (χ3v) is 6.68. The zero-order valence-corrected chi connectivity index (χ0v) is 20.5. The lowest BCUT2D eigenvalue weighted by molar-refractivity contribution is -0.115. The van der Waals surface area contributed by atoms with Gasteiger partial charge in [0.2, 0.25) is 11.6 Å². The van der Waals surface area contributed by atoms with Crippen LogP contribution in [-0.2, 0) is 4.79 Å². The molecule has 0 aliphatic rings. The van der Waals surface area contributed by atoms with Crippen LogP contribution >= 0.6 is 11.8 Å². The van der Waals surface area contributed by atoms with Crippen molar-refractivity contribution in [2.45, 2.75) is 23.8 Å². The van der Waals surface area contributed by atoms with Gasteiger partial charge in [-0.3, -0.25) is 18.6 Å². The number of thioether (sulfide) groups is 1. The highest BCUT2D eigenvalue weighted by molar-refractivity contribution is 8.00. The van der Waals surface area contributed by atoms with Crippen LogP contribution in [0.2, 0.25) is 0 Å². The Morgan fingerprint density at radius 3 is 2.51 bits per heavy atom. The first-order chi connectivity index (χ1) is 17.0. The Hall–Kier alpha value is -3.99. The summed E-state index contributed by atoms with van der Waals surface area (Å²) in [4.78, 5) is 26.2. The van der Waals surface area contributed by atoms with Crippen LogP contribution in [0.5, 0.6) is 17.2 Å². The van der Waals surface area contributed by atoms with Crippen LogP contribution in [0.15, 0.2) is 64.8 Å². The van der Waals surface area contributed by atoms with Gasteiger partial charge in [0.1, 0.15) is 17.2 Å². The van der Waals surface area contributed by atoms with E-state index in [1.165, 1.54) is 23.4 Å². The third kappa shape index (κ3) is 4.80. The molecule has 0 aliphatic carbocycles. The van der Waals surface area contributed by atoms with Crippen molar-refractivity contribution in [2.24, 2.45) is 0 Å². The Bertz CT molecular complexity index is 1420. The van der Waals surface area contributed by atoms with Gasteiger partial charge in [0, 0.05) is 18.5 Å². The van der Waals surface area contributed by atoms with Crippen LogP contribution in [0.1, 0.15) is 13.3 Å². The molecule has 0 saturated carbocycles. The van der Waals surface area contributed by atoms with Crippen molar-refractivity contribution in [3.05, 3.63) is 65.2 Å². The number of methoxy groups -OCH3 is 3. The zero-order valence-electron chi connectivity index (χ0n) is 19.7. The first-order valence-electron chi connectivity index (χ1n) is 10.8. The van der Waals surface area contributed by atoms with E-state index in [9.17, 15) is 9.59 Å². The van der Waals surface area contributed by atoms with Crippen LogP contribution < -0.4 is 25.1 Å². The predicted octanol–water partition coefficient (Wildman–Crippen LogP) is 3.42. The van der Waals surface area contributed by atoms with Crippen LogP contribution in [0.4, 0.5) is 5.69 Å². The van der Waals surface area contributed by atoms with Gasteiger partial charge in [-0.2, -0.15) is 0 Å². The number of amides is 1. The van der Waals surface area contributed by atoms with E-state index in [4.69, 9.17) is 14.2 Å². The molecule has 0 bridgehead atoms. The summed E-state index contributed by atoms with van der Waals surface area (Å²) >= 11 is 1.23. The highest BCUT2D eigenvalue weighted by Gasteiger charge is 2.23. The number of hydrogen-bond acceptors (Lipinski definition) is 8. The highest BCUT2D eigenvalue weighted by Crippen LogP contribution is 2.31. The molecule has 0 unspecified atom stereocenters. The van der Waals surface area contributed by atoms with Gasteiger partial charge in [-0.1, -0.05) is 30.8 Å². The summed E-state index contributed by atoms with van der Waals surface area (Å²) in [7, 11) is 4.63. The number of rotatable bonds is 9. The lowest BCUT2D eigenvalue weighted by Crippen LogP contribution is -2.25. The Morgan fingerprint density at radius 1 is 1.03 bits per heavy atom. The van der Waals surface area contributed by atoms with E-state index in [-0.39, 0.29) is 17.1 Å². The smallest absolute Gasteiger partial charge is 0.300 e. The van der Waals surface area contributed by atoms with Gasteiger partial charge in [-0.05, 0) is 30.7 Å². The summed E-state index contributed by atoms with van der Waals surface area (Å²) in [5.74, 6) is 1.45. The Kier molecular flexibility index (Phi) is 7.25. The number of anilines is 1. The van der Waals surface area contributed by atoms with Gasteiger partial charge >= 0.3 is 5.56 Å². The van der Waals surface area contributed by atoms with E-state index in [1.54, 1.807) is 61.3 Å². The topological polar surface area (TPSA) is 109 Å². The minimum Gasteiger partial charge on any atom is -0.497 e. The van der Waals surface area contributed by atoms with Crippen LogP contribution in [0.25, 0.3) is 11.3 Å². The molecule has 182 valence electrons. The van der Waals surface area contributed by atoms with Gasteiger partial charge in [-0.15, -0.1) is 10.2 Å². The largest absolute Gasteiger partial charge is 0.497 e. The molecule has 10 nitrogen and oxygen atoms in total. The molecule has 0 fully saturated rings. The molecule has 0 saturated heterocycles. The second-order valence-electron chi connectivity index (χ2n) is 7.39. The van der Waals surface area contributed by atoms with Crippen molar-refractivity contribution in [1.82, 2.24) is 19.2 Å². The van der Waals surface area contributed by atoms with Crippen molar-refractivity contribution in [2.75, 3.05) is 26.6 Å². The summed E-state index contributed by atoms with van der Waals surface area (Å²) in [5, 5.41) is 11.1. The number of aromatic nitrogens is 4. The summed E-state index contributed by atoms with van der Waals surface area (Å²) in [6, 6.07) is 12.4. The molecule has 2 aromatic heterocycles. The van der Waals surface area contributed by atoms with E-state index >= 15 is 0 Å². The number of fused-ring (bicyclic) bond motifs is 1. The molecule has 1 N–H and O–H groups in total. The van der Waals surface area contributed by atoms with Crippen LogP contribution in [0.3, 0.4) is 0 Å². The monoisotopic (exact) mass is 495 g/mol. The van der Waals surface area contributed by atoms with Gasteiger partial charge in [0.05, 0.1) is 38.0 Å². The molecule has 0 spiro atoms. The van der Waals surface area contributed by atoms with E-state index in [1.807, 2.05) is 19.1 Å². The fraction of sp³-hybridized carbons (Fsp3) is 0.250. The Morgan fingerprint density at radius 2 is 1.80 bits per heavy atom. The number of ether oxygens (including phenoxy) is 3. The van der Waals surface area contributed by atoms with E-state index in [0.29, 0.717) is 40.2 Å². The molecule has 2 aromatic carbocycles. The molecule has 0 radical (unpaired) electrons. The molecule has 11 heteroatoms. The third-order valence-electron chi connectivity index (χ3n) is 5.36. The summed E-state index contributed by atoms with van der Waals surface area (Å²) < 4.78 is 19.0. The molecule has 35 heavy (non-hydrogen) atoms. The quantitative estimate of drug-likeness (QED) is 0.352. The maximum absolute atomic E-state index is 13.1. The molecule has 4 aromatic rings. The highest BCUT2D eigenvalue weighted by atomic mass is 32.2. The average molecular weight is 496 g/mol. The predicted molar refractivity (Wildman–Crippen MR) is 133 cm³/mol. The lowest BCUT2D eigenvalue weighted by Gasteiger charge is -2.16. The lowest BCUT2D eigenvalue weighted by atomic mass is 10.2. The fourth-order valence-corrected chi connectivity index (χ4v) is 4.47. The minimum absolute atomic E-state index is 0.146. The molecule has 0 aliphatic heterocycles. The Balaban J connectivity index is 1.59. The SMILES string of the molecule is CC[C@H](Sc1nnc2c(=O)n(-c3ccccc3OC)ccn12)C(=O)Nc1ccc(OC)cc1OC. The minimum atomic E-state index is -0.481.